The van der Waals surface area contributed by atoms with Crippen molar-refractivity contribution in [2.45, 2.75) is 25.7 Å². The highest BCUT2D eigenvalue weighted by molar-refractivity contribution is 5.89. The van der Waals surface area contributed by atoms with Gasteiger partial charge in [0.25, 0.3) is 0 Å². The van der Waals surface area contributed by atoms with Gasteiger partial charge in [0.15, 0.2) is 0 Å². The lowest BCUT2D eigenvalue weighted by atomic mass is 9.89. The summed E-state index contributed by atoms with van der Waals surface area (Å²) in [5, 5.41) is 4.49. The number of piperidine rings is 1. The molecule has 3 N–H and O–H groups in total. The van der Waals surface area contributed by atoms with Crippen molar-refractivity contribution in [2.24, 2.45) is 0 Å². The minimum atomic E-state index is -0.0346. The van der Waals surface area contributed by atoms with Crippen molar-refractivity contribution in [1.29, 1.82) is 0 Å². The largest absolute Gasteiger partial charge is 0.437 e. The Kier molecular flexibility index (Phi) is 3.31. The molecule has 118 valence electrons. The van der Waals surface area contributed by atoms with Crippen LogP contribution in [0.1, 0.15) is 29.9 Å². The number of nitrogens with two attached hydrogens (primary N) is 1. The van der Waals surface area contributed by atoms with E-state index in [2.05, 4.69) is 16.4 Å². The van der Waals surface area contributed by atoms with E-state index < -0.39 is 0 Å². The van der Waals surface area contributed by atoms with Gasteiger partial charge in [0.05, 0.1) is 10.8 Å². The van der Waals surface area contributed by atoms with E-state index in [-0.39, 0.29) is 5.43 Å². The smallest absolute Gasteiger partial charge is 0.232 e. The van der Waals surface area contributed by atoms with Gasteiger partial charge in [-0.05, 0) is 68.1 Å². The molecule has 0 amide bonds. The SMILES string of the molecule is Cc1cc2c(=O)c3cc(C4CCNCC4)ccc3oc2nc1N. The van der Waals surface area contributed by atoms with Gasteiger partial charge in [-0.2, -0.15) is 4.98 Å². The van der Waals surface area contributed by atoms with Crippen LogP contribution in [0.15, 0.2) is 33.5 Å². The molecule has 0 aliphatic carbocycles. The maximum absolute atomic E-state index is 12.8. The molecule has 0 bridgehead atoms. The number of pyridine rings is 1. The van der Waals surface area contributed by atoms with Gasteiger partial charge in [0.2, 0.25) is 11.1 Å². The lowest BCUT2D eigenvalue weighted by Crippen LogP contribution is -2.26. The van der Waals surface area contributed by atoms with Crippen LogP contribution in [0.3, 0.4) is 0 Å². The Balaban J connectivity index is 1.93. The molecule has 5 heteroatoms. The van der Waals surface area contributed by atoms with Crippen LogP contribution in [0.25, 0.3) is 22.1 Å². The number of anilines is 1. The third-order valence-corrected chi connectivity index (χ3v) is 4.73. The van der Waals surface area contributed by atoms with Gasteiger partial charge < -0.3 is 15.5 Å². The number of benzene rings is 1. The third-order valence-electron chi connectivity index (χ3n) is 4.73. The van der Waals surface area contributed by atoms with E-state index in [0.29, 0.717) is 33.8 Å². The highest BCUT2D eigenvalue weighted by Crippen LogP contribution is 2.28. The maximum Gasteiger partial charge on any atom is 0.232 e. The predicted octanol–water partition coefficient (Wildman–Crippen LogP) is 2.70. The van der Waals surface area contributed by atoms with Crippen LogP contribution in [-0.2, 0) is 0 Å². The van der Waals surface area contributed by atoms with Gasteiger partial charge in [-0.15, -0.1) is 0 Å². The van der Waals surface area contributed by atoms with Gasteiger partial charge in [0.1, 0.15) is 11.4 Å². The molecule has 0 saturated carbocycles. The normalized spacial score (nSPS) is 16.2. The predicted molar refractivity (Wildman–Crippen MR) is 91.8 cm³/mol. The van der Waals surface area contributed by atoms with Crippen molar-refractivity contribution in [3.05, 3.63) is 45.6 Å². The second kappa shape index (κ2) is 5.35. The summed E-state index contributed by atoms with van der Waals surface area (Å²) in [5.74, 6) is 0.897. The molecular weight excluding hydrogens is 290 g/mol. The zero-order valence-electron chi connectivity index (χ0n) is 13.1. The number of nitrogens with zero attached hydrogens (tertiary/aromatic N) is 1. The van der Waals surface area contributed by atoms with Crippen LogP contribution in [0.2, 0.25) is 0 Å². The molecule has 1 fully saturated rings. The Morgan fingerprint density at radius 1 is 1.22 bits per heavy atom. The summed E-state index contributed by atoms with van der Waals surface area (Å²) in [7, 11) is 0. The lowest BCUT2D eigenvalue weighted by Gasteiger charge is -2.23. The monoisotopic (exact) mass is 309 g/mol. The van der Waals surface area contributed by atoms with Crippen molar-refractivity contribution in [3.8, 4) is 0 Å². The van der Waals surface area contributed by atoms with Gasteiger partial charge in [-0.1, -0.05) is 6.07 Å². The molecule has 0 spiro atoms. The number of hydrogen-bond donors (Lipinski definition) is 2. The maximum atomic E-state index is 12.8. The summed E-state index contributed by atoms with van der Waals surface area (Å²) < 4.78 is 5.80. The fourth-order valence-electron chi connectivity index (χ4n) is 3.32. The first-order valence-electron chi connectivity index (χ1n) is 7.98. The second-order valence-corrected chi connectivity index (χ2v) is 6.25. The second-order valence-electron chi connectivity index (χ2n) is 6.25. The van der Waals surface area contributed by atoms with Crippen LogP contribution < -0.4 is 16.5 Å². The Bertz CT molecular complexity index is 956. The van der Waals surface area contributed by atoms with Gasteiger partial charge in [-0.3, -0.25) is 4.79 Å². The zero-order valence-corrected chi connectivity index (χ0v) is 13.1. The molecule has 3 heterocycles. The van der Waals surface area contributed by atoms with E-state index in [1.54, 1.807) is 6.07 Å². The molecule has 0 radical (unpaired) electrons. The fourth-order valence-corrected chi connectivity index (χ4v) is 3.32. The number of rotatable bonds is 1. The molecule has 0 unspecified atom stereocenters. The molecule has 1 aliphatic heterocycles. The van der Waals surface area contributed by atoms with Gasteiger partial charge in [-0.25, -0.2) is 0 Å². The fraction of sp³-hybridized carbons (Fsp3) is 0.333. The summed E-state index contributed by atoms with van der Waals surface area (Å²) >= 11 is 0. The van der Waals surface area contributed by atoms with E-state index in [4.69, 9.17) is 10.2 Å². The van der Waals surface area contributed by atoms with Gasteiger partial charge in [0, 0.05) is 0 Å². The summed E-state index contributed by atoms with van der Waals surface area (Å²) in [6.45, 7) is 3.89. The highest BCUT2D eigenvalue weighted by Gasteiger charge is 2.17. The molecule has 0 atom stereocenters. The van der Waals surface area contributed by atoms with Crippen molar-refractivity contribution in [2.75, 3.05) is 18.8 Å². The van der Waals surface area contributed by atoms with E-state index in [1.807, 2.05) is 19.1 Å². The van der Waals surface area contributed by atoms with Crippen LogP contribution in [-0.4, -0.2) is 18.1 Å². The van der Waals surface area contributed by atoms with E-state index >= 15 is 0 Å². The van der Waals surface area contributed by atoms with Crippen LogP contribution in [0, 0.1) is 6.92 Å². The minimum Gasteiger partial charge on any atom is -0.437 e. The number of aryl methyl sites for hydroxylation is 1. The Morgan fingerprint density at radius 3 is 2.78 bits per heavy atom. The standard InChI is InChI=1S/C18H19N3O2/c1-10-8-14-16(22)13-9-12(11-4-6-20-7-5-11)2-3-15(13)23-18(14)21-17(10)19/h2-3,8-9,11,20H,4-7H2,1H3,(H2,19,21). The number of aromatic nitrogens is 1. The molecule has 5 nitrogen and oxygen atoms in total. The van der Waals surface area contributed by atoms with Crippen molar-refractivity contribution in [1.82, 2.24) is 10.3 Å². The first-order chi connectivity index (χ1) is 11.1. The van der Waals surface area contributed by atoms with E-state index in [0.717, 1.165) is 31.5 Å². The molecule has 2 aromatic heterocycles. The molecule has 1 aliphatic rings. The van der Waals surface area contributed by atoms with Crippen molar-refractivity contribution in [3.63, 3.8) is 0 Å². The zero-order chi connectivity index (χ0) is 16.0. The number of nitrogen functional groups attached to an aromatic ring is 1. The summed E-state index contributed by atoms with van der Waals surface area (Å²) in [6.07, 6.45) is 2.20. The third kappa shape index (κ3) is 2.37. The summed E-state index contributed by atoms with van der Waals surface area (Å²) in [5.41, 5.74) is 8.66. The Morgan fingerprint density at radius 2 is 2.00 bits per heavy atom. The molecule has 4 rings (SSSR count). The average molecular weight is 309 g/mol. The van der Waals surface area contributed by atoms with Crippen LogP contribution in [0.4, 0.5) is 5.82 Å². The molecule has 1 saturated heterocycles. The Hall–Kier alpha value is -2.40. The van der Waals surface area contributed by atoms with Crippen molar-refractivity contribution >= 4 is 27.9 Å². The average Bonchev–Trinajstić information content (AvgIpc) is 2.58. The van der Waals surface area contributed by atoms with Crippen molar-refractivity contribution < 1.29 is 4.42 Å². The molecule has 3 aromatic rings. The quantitative estimate of drug-likeness (QED) is 0.675. The highest BCUT2D eigenvalue weighted by atomic mass is 16.3. The topological polar surface area (TPSA) is 81.2 Å². The first kappa shape index (κ1) is 14.2. The number of fused-ring (bicyclic) bond motifs is 2. The van der Waals surface area contributed by atoms with Crippen LogP contribution >= 0.6 is 0 Å². The molecule has 1 aromatic carbocycles. The number of hydrogen-bond acceptors (Lipinski definition) is 5. The minimum absolute atomic E-state index is 0.0346. The van der Waals surface area contributed by atoms with E-state index in [1.165, 1.54) is 5.56 Å². The summed E-state index contributed by atoms with van der Waals surface area (Å²) in [4.78, 5) is 17.0. The molecular formula is C18H19N3O2. The summed E-state index contributed by atoms with van der Waals surface area (Å²) in [6, 6.07) is 7.69. The lowest BCUT2D eigenvalue weighted by molar-refractivity contribution is 0.460. The molecule has 23 heavy (non-hydrogen) atoms. The first-order valence-corrected chi connectivity index (χ1v) is 7.98. The number of nitrogens with one attached hydrogen (secondary N) is 1. The Labute approximate surface area is 133 Å². The van der Waals surface area contributed by atoms with E-state index in [9.17, 15) is 4.79 Å². The van der Waals surface area contributed by atoms with Crippen LogP contribution in [0.5, 0.6) is 0 Å². The van der Waals surface area contributed by atoms with Gasteiger partial charge >= 0.3 is 0 Å².